The minimum atomic E-state index is -1.40. The van der Waals surface area contributed by atoms with Gasteiger partial charge in [-0.3, -0.25) is 0 Å². The van der Waals surface area contributed by atoms with E-state index in [0.29, 0.717) is 12.8 Å². The summed E-state index contributed by atoms with van der Waals surface area (Å²) in [4.78, 5) is 0. The summed E-state index contributed by atoms with van der Waals surface area (Å²) < 4.78 is 0. The van der Waals surface area contributed by atoms with Crippen molar-refractivity contribution in [3.8, 4) is 0 Å². The van der Waals surface area contributed by atoms with Crippen LogP contribution in [0, 0.1) is 23.7 Å². The number of aliphatic hydroxyl groups is 6. The van der Waals surface area contributed by atoms with Gasteiger partial charge in [0.05, 0.1) is 24.4 Å². The second-order valence-corrected chi connectivity index (χ2v) is 6.00. The van der Waals surface area contributed by atoms with Gasteiger partial charge in [0.25, 0.3) is 0 Å². The van der Waals surface area contributed by atoms with E-state index in [9.17, 15) is 30.6 Å². The molecule has 104 valence electrons. The molecule has 0 aromatic rings. The van der Waals surface area contributed by atoms with E-state index in [2.05, 4.69) is 0 Å². The van der Waals surface area contributed by atoms with Crippen molar-refractivity contribution in [2.45, 2.75) is 49.5 Å². The molecule has 10 unspecified atom stereocenters. The first-order valence-electron chi connectivity index (χ1n) is 6.53. The highest BCUT2D eigenvalue weighted by Crippen LogP contribution is 2.54. The number of fused-ring (bicyclic) bond motifs is 2. The molecule has 18 heavy (non-hydrogen) atoms. The van der Waals surface area contributed by atoms with E-state index in [0.717, 1.165) is 0 Å². The summed E-state index contributed by atoms with van der Waals surface area (Å²) in [5.41, 5.74) is 0. The highest BCUT2D eigenvalue weighted by atomic mass is 16.4. The molecule has 4 saturated carbocycles. The lowest BCUT2D eigenvalue weighted by atomic mass is 9.50. The van der Waals surface area contributed by atoms with Crippen molar-refractivity contribution < 1.29 is 30.6 Å². The zero-order valence-electron chi connectivity index (χ0n) is 9.87. The molecule has 0 heterocycles. The van der Waals surface area contributed by atoms with Crippen LogP contribution >= 0.6 is 0 Å². The van der Waals surface area contributed by atoms with Gasteiger partial charge in [-0.25, -0.2) is 0 Å². The lowest BCUT2D eigenvalue weighted by Gasteiger charge is -2.59. The van der Waals surface area contributed by atoms with Crippen molar-refractivity contribution in [2.24, 2.45) is 23.7 Å². The maximum atomic E-state index is 10.1. The maximum absolute atomic E-state index is 10.1. The molecular formula is C12H20O6. The Bertz CT molecular complexity index is 301. The predicted octanol–water partition coefficient (Wildman–Crippen LogP) is -2.56. The van der Waals surface area contributed by atoms with Gasteiger partial charge in [-0.1, -0.05) is 0 Å². The van der Waals surface area contributed by atoms with Crippen LogP contribution in [0.15, 0.2) is 0 Å². The lowest BCUT2D eigenvalue weighted by molar-refractivity contribution is -0.264. The molecule has 0 amide bonds. The van der Waals surface area contributed by atoms with Crippen molar-refractivity contribution in [3.63, 3.8) is 0 Å². The van der Waals surface area contributed by atoms with E-state index in [1.807, 2.05) is 0 Å². The van der Waals surface area contributed by atoms with Crippen LogP contribution in [0.25, 0.3) is 0 Å². The number of aliphatic hydroxyl groups excluding tert-OH is 6. The highest BCUT2D eigenvalue weighted by Gasteiger charge is 2.62. The van der Waals surface area contributed by atoms with Crippen LogP contribution in [0.5, 0.6) is 0 Å². The monoisotopic (exact) mass is 260 g/mol. The Morgan fingerprint density at radius 2 is 0.778 bits per heavy atom. The summed E-state index contributed by atoms with van der Waals surface area (Å²) in [6.07, 6.45) is -5.64. The zero-order chi connectivity index (χ0) is 13.2. The Kier molecular flexibility index (Phi) is 2.93. The van der Waals surface area contributed by atoms with Crippen molar-refractivity contribution in [1.29, 1.82) is 0 Å². The fourth-order valence-electron chi connectivity index (χ4n) is 4.47. The summed E-state index contributed by atoms with van der Waals surface area (Å²) in [5, 5.41) is 59.6. The van der Waals surface area contributed by atoms with Gasteiger partial charge in [0, 0.05) is 0 Å². The van der Waals surface area contributed by atoms with Crippen molar-refractivity contribution in [3.05, 3.63) is 0 Å². The standard InChI is InChI=1S/C12H20O6/c13-7-3-1-2-4(8(7)14)6-5(3)9(15)11(17)12(18)10(6)16/h3-18H,1-2H2. The number of hydrogen-bond acceptors (Lipinski definition) is 6. The number of hydrogen-bond donors (Lipinski definition) is 6. The largest absolute Gasteiger partial charge is 0.390 e. The molecule has 6 heteroatoms. The molecule has 4 rings (SSSR count). The average molecular weight is 260 g/mol. The first kappa shape index (κ1) is 12.8. The average Bonchev–Trinajstić information content (AvgIpc) is 2.38. The Hall–Kier alpha value is -0.240. The number of rotatable bonds is 0. The zero-order valence-corrected chi connectivity index (χ0v) is 9.87. The summed E-state index contributed by atoms with van der Waals surface area (Å²) in [5.74, 6) is -1.59. The first-order valence-corrected chi connectivity index (χ1v) is 6.53. The van der Waals surface area contributed by atoms with E-state index in [-0.39, 0.29) is 11.8 Å². The van der Waals surface area contributed by atoms with Gasteiger partial charge >= 0.3 is 0 Å². The van der Waals surface area contributed by atoms with Gasteiger partial charge in [0.1, 0.15) is 12.2 Å². The molecule has 0 saturated heterocycles. The molecule has 4 fully saturated rings. The van der Waals surface area contributed by atoms with Crippen LogP contribution < -0.4 is 0 Å². The molecular weight excluding hydrogens is 240 g/mol. The predicted molar refractivity (Wildman–Crippen MR) is 59.2 cm³/mol. The Balaban J connectivity index is 1.98. The third-order valence-electron chi connectivity index (χ3n) is 5.33. The molecule has 4 aliphatic carbocycles. The Morgan fingerprint density at radius 1 is 0.444 bits per heavy atom. The van der Waals surface area contributed by atoms with Gasteiger partial charge in [0.2, 0.25) is 0 Å². The quantitative estimate of drug-likeness (QED) is 0.285. The molecule has 0 aliphatic heterocycles. The molecule has 0 radical (unpaired) electrons. The van der Waals surface area contributed by atoms with Crippen molar-refractivity contribution >= 4 is 0 Å². The van der Waals surface area contributed by atoms with Gasteiger partial charge in [-0.2, -0.15) is 0 Å². The molecule has 0 aromatic heterocycles. The van der Waals surface area contributed by atoms with Gasteiger partial charge in [0.15, 0.2) is 0 Å². The van der Waals surface area contributed by atoms with Crippen molar-refractivity contribution in [1.82, 2.24) is 0 Å². The first-order chi connectivity index (χ1) is 8.45. The molecule has 0 spiro atoms. The van der Waals surface area contributed by atoms with Crippen LogP contribution in [-0.4, -0.2) is 67.3 Å². The highest BCUT2D eigenvalue weighted by molar-refractivity contribution is 5.11. The fraction of sp³-hybridized carbons (Fsp3) is 1.00. The minimum absolute atomic E-state index is 0.332. The molecule has 10 atom stereocenters. The van der Waals surface area contributed by atoms with E-state index in [1.54, 1.807) is 0 Å². The lowest BCUT2D eigenvalue weighted by Crippen LogP contribution is -2.69. The molecule has 6 nitrogen and oxygen atoms in total. The van der Waals surface area contributed by atoms with Crippen LogP contribution in [0.3, 0.4) is 0 Å². The molecule has 0 aromatic carbocycles. The Morgan fingerprint density at radius 3 is 1.11 bits per heavy atom. The summed E-state index contributed by atoms with van der Waals surface area (Å²) in [7, 11) is 0. The third-order valence-corrected chi connectivity index (χ3v) is 5.33. The second kappa shape index (κ2) is 4.13. The smallest absolute Gasteiger partial charge is 0.109 e. The second-order valence-electron chi connectivity index (χ2n) is 6.00. The SMILES string of the molecule is OC1C(O)C(O)C2C3CCC(C(O)C3O)C2C1O. The molecule has 6 N–H and O–H groups in total. The van der Waals surface area contributed by atoms with Crippen LogP contribution in [0.2, 0.25) is 0 Å². The van der Waals surface area contributed by atoms with Crippen LogP contribution in [0.4, 0.5) is 0 Å². The summed E-state index contributed by atoms with van der Waals surface area (Å²) >= 11 is 0. The van der Waals surface area contributed by atoms with Gasteiger partial charge in [-0.05, 0) is 36.5 Å². The summed E-state index contributed by atoms with van der Waals surface area (Å²) in [6, 6.07) is 0. The van der Waals surface area contributed by atoms with Crippen LogP contribution in [-0.2, 0) is 0 Å². The van der Waals surface area contributed by atoms with Crippen LogP contribution in [0.1, 0.15) is 12.8 Å². The normalized spacial score (nSPS) is 63.7. The third kappa shape index (κ3) is 1.44. The molecule has 2 bridgehead atoms. The topological polar surface area (TPSA) is 121 Å². The fourth-order valence-corrected chi connectivity index (χ4v) is 4.47. The van der Waals surface area contributed by atoms with Crippen molar-refractivity contribution in [2.75, 3.05) is 0 Å². The Labute approximate surface area is 105 Å². The van der Waals surface area contributed by atoms with E-state index in [4.69, 9.17) is 0 Å². The van der Waals surface area contributed by atoms with E-state index < -0.39 is 48.5 Å². The van der Waals surface area contributed by atoms with Gasteiger partial charge in [-0.15, -0.1) is 0 Å². The van der Waals surface area contributed by atoms with E-state index in [1.165, 1.54) is 0 Å². The summed E-state index contributed by atoms with van der Waals surface area (Å²) in [6.45, 7) is 0. The molecule has 4 aliphatic rings. The van der Waals surface area contributed by atoms with E-state index >= 15 is 0 Å². The van der Waals surface area contributed by atoms with Gasteiger partial charge < -0.3 is 30.6 Å². The maximum Gasteiger partial charge on any atom is 0.109 e. The minimum Gasteiger partial charge on any atom is -0.390 e.